The first-order valence-electron chi connectivity index (χ1n) is 21.9. The smallest absolute Gasteiger partial charge is 0.167 e. The summed E-state index contributed by atoms with van der Waals surface area (Å²) in [6.45, 7) is 0. The molecule has 0 atom stereocenters. The Balaban J connectivity index is 1.10. The van der Waals surface area contributed by atoms with Gasteiger partial charge in [-0.05, 0) is 82.2 Å². The lowest BCUT2D eigenvalue weighted by atomic mass is 10.0. The fraction of sp³-hybridized carbons (Fsp3) is 0. The van der Waals surface area contributed by atoms with Crippen LogP contribution in [0.5, 0.6) is 0 Å². The predicted octanol–water partition coefficient (Wildman–Crippen LogP) is 15.3. The van der Waals surface area contributed by atoms with Crippen LogP contribution in [0.3, 0.4) is 0 Å². The lowest BCUT2D eigenvalue weighted by molar-refractivity contribution is 0.669. The molecule has 6 nitrogen and oxygen atoms in total. The average molecular weight is 830 g/mol. The molecule has 0 unspecified atom stereocenters. The highest BCUT2D eigenvalue weighted by molar-refractivity contribution is 6.17. The number of rotatable bonds is 5. The van der Waals surface area contributed by atoms with Crippen LogP contribution in [0.4, 0.5) is 0 Å². The molecule has 0 amide bonds. The standard InChI is InChI=1S/C59H35N5O/c1-2-20-39(21-3-1)63-51-29-12-9-25-45(51)55-46(27-15-30-52(55)63)58-60-57(44-26-14-19-36-16-6-7-22-41(36)44)61-59(62-58)49-35-40(34-48-43-24-10-13-31-54(43)65-56(48)49)64-50-28-11-8-23-42(50)47-32-37-17-4-5-18-38(37)33-53(47)64/h1-35H. The van der Waals surface area contributed by atoms with Gasteiger partial charge >= 0.3 is 0 Å². The summed E-state index contributed by atoms with van der Waals surface area (Å²) in [5, 5.41) is 11.2. The van der Waals surface area contributed by atoms with E-state index in [4.69, 9.17) is 19.4 Å². The maximum Gasteiger partial charge on any atom is 0.167 e. The van der Waals surface area contributed by atoms with Gasteiger partial charge in [0.25, 0.3) is 0 Å². The first kappa shape index (κ1) is 35.7. The molecule has 14 rings (SSSR count). The molecule has 6 heteroatoms. The van der Waals surface area contributed by atoms with Crippen molar-refractivity contribution in [3.63, 3.8) is 0 Å². The molecule has 302 valence electrons. The Morgan fingerprint density at radius 2 is 0.862 bits per heavy atom. The van der Waals surface area contributed by atoms with Crippen LogP contribution < -0.4 is 0 Å². The number of hydrogen-bond acceptors (Lipinski definition) is 4. The third-order valence-corrected chi connectivity index (χ3v) is 13.1. The van der Waals surface area contributed by atoms with Crippen LogP contribution in [0.1, 0.15) is 0 Å². The molecular formula is C59H35N5O. The molecule has 0 spiro atoms. The van der Waals surface area contributed by atoms with Crippen molar-refractivity contribution < 1.29 is 4.42 Å². The Bertz CT molecular complexity index is 4250. The number of fused-ring (bicyclic) bond motifs is 11. The summed E-state index contributed by atoms with van der Waals surface area (Å²) < 4.78 is 11.6. The van der Waals surface area contributed by atoms with Crippen molar-refractivity contribution in [2.45, 2.75) is 0 Å². The molecule has 0 bridgehead atoms. The zero-order valence-electron chi connectivity index (χ0n) is 34.9. The van der Waals surface area contributed by atoms with Gasteiger partial charge in [0.2, 0.25) is 0 Å². The second kappa shape index (κ2) is 13.8. The van der Waals surface area contributed by atoms with E-state index in [1.807, 2.05) is 12.1 Å². The minimum absolute atomic E-state index is 0.527. The normalized spacial score (nSPS) is 12.0. The Morgan fingerprint density at radius 1 is 0.308 bits per heavy atom. The molecule has 0 radical (unpaired) electrons. The second-order valence-corrected chi connectivity index (χ2v) is 16.8. The van der Waals surface area contributed by atoms with Crippen LogP contribution in [0.25, 0.3) is 133 Å². The van der Waals surface area contributed by atoms with E-state index >= 15 is 0 Å². The monoisotopic (exact) mass is 829 g/mol. The van der Waals surface area contributed by atoms with E-state index in [2.05, 4.69) is 209 Å². The number of benzene rings is 10. The highest BCUT2D eigenvalue weighted by atomic mass is 16.3. The van der Waals surface area contributed by atoms with Crippen LogP contribution in [0.2, 0.25) is 0 Å². The summed E-state index contributed by atoms with van der Waals surface area (Å²) in [5.74, 6) is 1.69. The van der Waals surface area contributed by atoms with Crippen LogP contribution in [-0.2, 0) is 0 Å². The Morgan fingerprint density at radius 3 is 1.68 bits per heavy atom. The van der Waals surface area contributed by atoms with Crippen molar-refractivity contribution in [1.82, 2.24) is 24.1 Å². The third-order valence-electron chi connectivity index (χ3n) is 13.1. The highest BCUT2D eigenvalue weighted by Gasteiger charge is 2.24. The predicted molar refractivity (Wildman–Crippen MR) is 267 cm³/mol. The summed E-state index contributed by atoms with van der Waals surface area (Å²) in [6.07, 6.45) is 0. The van der Waals surface area contributed by atoms with Gasteiger partial charge in [-0.2, -0.15) is 0 Å². The molecule has 4 aromatic heterocycles. The van der Waals surface area contributed by atoms with Crippen molar-refractivity contribution in [2.24, 2.45) is 0 Å². The van der Waals surface area contributed by atoms with Crippen molar-refractivity contribution in [1.29, 1.82) is 0 Å². The van der Waals surface area contributed by atoms with E-state index in [0.29, 0.717) is 17.5 Å². The molecule has 0 fully saturated rings. The minimum Gasteiger partial charge on any atom is -0.455 e. The number of aromatic nitrogens is 5. The van der Waals surface area contributed by atoms with Gasteiger partial charge in [-0.3, -0.25) is 0 Å². The molecule has 65 heavy (non-hydrogen) atoms. The van der Waals surface area contributed by atoms with Crippen LogP contribution >= 0.6 is 0 Å². The van der Waals surface area contributed by atoms with Crippen molar-refractivity contribution >= 4 is 87.1 Å². The molecule has 0 aliphatic heterocycles. The van der Waals surface area contributed by atoms with E-state index < -0.39 is 0 Å². The van der Waals surface area contributed by atoms with Gasteiger partial charge < -0.3 is 13.6 Å². The second-order valence-electron chi connectivity index (χ2n) is 16.8. The minimum atomic E-state index is 0.527. The maximum atomic E-state index is 6.87. The highest BCUT2D eigenvalue weighted by Crippen LogP contribution is 2.43. The SMILES string of the molecule is c1ccc(-n2c3ccccc3c3c(-c4nc(-c5cccc6ccccc56)nc(-c5cc(-n6c7ccccc7c7cc8ccccc8cc76)cc6c5oc5ccccc56)n4)cccc32)cc1. The summed E-state index contributed by atoms with van der Waals surface area (Å²) in [4.78, 5) is 16.4. The number of nitrogens with zero attached hydrogens (tertiary/aromatic N) is 5. The summed E-state index contributed by atoms with van der Waals surface area (Å²) in [7, 11) is 0. The fourth-order valence-corrected chi connectivity index (χ4v) is 10.3. The zero-order chi connectivity index (χ0) is 42.6. The first-order chi connectivity index (χ1) is 32.2. The van der Waals surface area contributed by atoms with Gasteiger partial charge in [0.05, 0.1) is 27.6 Å². The van der Waals surface area contributed by atoms with Gasteiger partial charge in [0.1, 0.15) is 11.2 Å². The third kappa shape index (κ3) is 5.38. The topological polar surface area (TPSA) is 61.7 Å². The van der Waals surface area contributed by atoms with Crippen molar-refractivity contribution in [3.8, 4) is 45.5 Å². The summed E-state index contributed by atoms with van der Waals surface area (Å²) in [6, 6.07) is 75.0. The van der Waals surface area contributed by atoms with Gasteiger partial charge in [-0.15, -0.1) is 0 Å². The Hall–Kier alpha value is -8.87. The Kier molecular flexibility index (Phi) is 7.59. The van der Waals surface area contributed by atoms with Gasteiger partial charge in [0.15, 0.2) is 17.5 Å². The molecule has 4 heterocycles. The molecule has 0 saturated heterocycles. The van der Waals surface area contributed by atoms with Gasteiger partial charge in [-0.25, -0.2) is 15.0 Å². The maximum absolute atomic E-state index is 6.87. The fourth-order valence-electron chi connectivity index (χ4n) is 10.3. The van der Waals surface area contributed by atoms with Crippen molar-refractivity contribution in [2.75, 3.05) is 0 Å². The lowest BCUT2D eigenvalue weighted by Crippen LogP contribution is -2.02. The van der Waals surface area contributed by atoms with E-state index in [0.717, 1.165) is 93.6 Å². The summed E-state index contributed by atoms with van der Waals surface area (Å²) in [5.41, 5.74) is 10.7. The number of furan rings is 1. The molecule has 0 saturated carbocycles. The van der Waals surface area contributed by atoms with E-state index in [9.17, 15) is 0 Å². The molecule has 14 aromatic rings. The average Bonchev–Trinajstić information content (AvgIpc) is 4.03. The van der Waals surface area contributed by atoms with Gasteiger partial charge in [-0.1, -0.05) is 152 Å². The van der Waals surface area contributed by atoms with Crippen molar-refractivity contribution in [3.05, 3.63) is 212 Å². The number of hydrogen-bond donors (Lipinski definition) is 0. The van der Waals surface area contributed by atoms with E-state index in [-0.39, 0.29) is 0 Å². The molecule has 10 aromatic carbocycles. The van der Waals surface area contributed by atoms with E-state index in [1.54, 1.807) is 0 Å². The molecule has 0 N–H and O–H groups in total. The largest absolute Gasteiger partial charge is 0.455 e. The van der Waals surface area contributed by atoms with Crippen LogP contribution in [-0.4, -0.2) is 24.1 Å². The lowest BCUT2D eigenvalue weighted by Gasteiger charge is -2.14. The zero-order valence-corrected chi connectivity index (χ0v) is 34.9. The van der Waals surface area contributed by atoms with Gasteiger partial charge in [0, 0.05) is 54.8 Å². The molecular weight excluding hydrogens is 795 g/mol. The quantitative estimate of drug-likeness (QED) is 0.173. The molecule has 0 aliphatic carbocycles. The first-order valence-corrected chi connectivity index (χ1v) is 21.9. The van der Waals surface area contributed by atoms with Crippen LogP contribution in [0.15, 0.2) is 217 Å². The Labute approximate surface area is 371 Å². The molecule has 0 aliphatic rings. The number of para-hydroxylation sites is 4. The van der Waals surface area contributed by atoms with Crippen LogP contribution in [0, 0.1) is 0 Å². The summed E-state index contributed by atoms with van der Waals surface area (Å²) >= 11 is 0. The van der Waals surface area contributed by atoms with E-state index in [1.165, 1.54) is 21.5 Å².